The van der Waals surface area contributed by atoms with Crippen molar-refractivity contribution in [1.29, 1.82) is 0 Å². The van der Waals surface area contributed by atoms with Crippen molar-refractivity contribution in [2.24, 2.45) is 11.7 Å². The zero-order valence-corrected chi connectivity index (χ0v) is 11.5. The van der Waals surface area contributed by atoms with Gasteiger partial charge in [0.2, 0.25) is 0 Å². The van der Waals surface area contributed by atoms with E-state index in [2.05, 4.69) is 43.8 Å². The average molecular weight is 235 g/mol. The van der Waals surface area contributed by atoms with E-state index in [1.807, 2.05) is 6.20 Å². The largest absolute Gasteiger partial charge is 0.359 e. The topological polar surface area (TPSA) is 42.2 Å². The van der Waals surface area contributed by atoms with Crippen molar-refractivity contribution in [1.82, 2.24) is 4.98 Å². The SMILES string of the molecule is CCC(C)CN(C)c1ncc(CCN)cc1C. The van der Waals surface area contributed by atoms with Gasteiger partial charge < -0.3 is 10.6 Å². The molecule has 1 atom stereocenters. The van der Waals surface area contributed by atoms with Gasteiger partial charge in [-0.1, -0.05) is 26.3 Å². The molecule has 1 rings (SSSR count). The van der Waals surface area contributed by atoms with Crippen LogP contribution in [0.3, 0.4) is 0 Å². The highest BCUT2D eigenvalue weighted by Crippen LogP contribution is 2.18. The number of rotatable bonds is 6. The molecule has 1 heterocycles. The first-order valence-corrected chi connectivity index (χ1v) is 6.45. The Bertz CT molecular complexity index is 349. The van der Waals surface area contributed by atoms with Crippen molar-refractivity contribution >= 4 is 5.82 Å². The Kier molecular flexibility index (Phi) is 5.42. The summed E-state index contributed by atoms with van der Waals surface area (Å²) in [6.07, 6.45) is 4.06. The van der Waals surface area contributed by atoms with Crippen molar-refractivity contribution in [2.75, 3.05) is 25.0 Å². The second kappa shape index (κ2) is 6.60. The molecular weight excluding hydrogens is 210 g/mol. The minimum absolute atomic E-state index is 0.684. The van der Waals surface area contributed by atoms with Gasteiger partial charge in [-0.25, -0.2) is 4.98 Å². The van der Waals surface area contributed by atoms with Crippen molar-refractivity contribution in [3.05, 3.63) is 23.4 Å². The molecule has 0 amide bonds. The highest BCUT2D eigenvalue weighted by atomic mass is 15.2. The first-order chi connectivity index (χ1) is 8.08. The number of aryl methyl sites for hydroxylation is 1. The lowest BCUT2D eigenvalue weighted by atomic mass is 10.1. The summed E-state index contributed by atoms with van der Waals surface area (Å²) in [7, 11) is 2.12. The quantitative estimate of drug-likeness (QED) is 0.823. The van der Waals surface area contributed by atoms with E-state index in [9.17, 15) is 0 Å². The molecule has 0 aliphatic heterocycles. The summed E-state index contributed by atoms with van der Waals surface area (Å²) in [5, 5.41) is 0. The summed E-state index contributed by atoms with van der Waals surface area (Å²) in [6.45, 7) is 8.36. The minimum atomic E-state index is 0.684. The highest BCUT2D eigenvalue weighted by molar-refractivity contribution is 5.46. The fraction of sp³-hybridized carbons (Fsp3) is 0.643. The van der Waals surface area contributed by atoms with Crippen LogP contribution in [-0.2, 0) is 6.42 Å². The number of nitrogens with zero attached hydrogens (tertiary/aromatic N) is 2. The van der Waals surface area contributed by atoms with Crippen LogP contribution in [-0.4, -0.2) is 25.1 Å². The lowest BCUT2D eigenvalue weighted by Crippen LogP contribution is -2.25. The van der Waals surface area contributed by atoms with Crippen LogP contribution in [0.2, 0.25) is 0 Å². The standard InChI is InChI=1S/C14H25N3/c1-5-11(2)10-17(4)14-12(3)8-13(6-7-15)9-16-14/h8-9,11H,5-7,10,15H2,1-4H3. The number of nitrogens with two attached hydrogens (primary N) is 1. The van der Waals surface area contributed by atoms with Crippen molar-refractivity contribution < 1.29 is 0 Å². The zero-order chi connectivity index (χ0) is 12.8. The zero-order valence-electron chi connectivity index (χ0n) is 11.5. The normalized spacial score (nSPS) is 12.5. The van der Waals surface area contributed by atoms with Crippen LogP contribution >= 0.6 is 0 Å². The first-order valence-electron chi connectivity index (χ1n) is 6.45. The molecule has 3 nitrogen and oxygen atoms in total. The third-order valence-corrected chi connectivity index (χ3v) is 3.18. The third-order valence-electron chi connectivity index (χ3n) is 3.18. The Balaban J connectivity index is 2.77. The van der Waals surface area contributed by atoms with Crippen LogP contribution in [0, 0.1) is 12.8 Å². The predicted molar refractivity (Wildman–Crippen MR) is 74.5 cm³/mol. The van der Waals surface area contributed by atoms with Crippen LogP contribution < -0.4 is 10.6 Å². The molecule has 1 unspecified atom stereocenters. The summed E-state index contributed by atoms with van der Waals surface area (Å²) in [4.78, 5) is 6.80. The van der Waals surface area contributed by atoms with E-state index >= 15 is 0 Å². The molecule has 0 aliphatic carbocycles. The van der Waals surface area contributed by atoms with E-state index in [-0.39, 0.29) is 0 Å². The third kappa shape index (κ3) is 4.00. The average Bonchev–Trinajstić information content (AvgIpc) is 2.29. The van der Waals surface area contributed by atoms with Gasteiger partial charge in [0.05, 0.1) is 0 Å². The maximum absolute atomic E-state index is 5.55. The second-order valence-electron chi connectivity index (χ2n) is 4.92. The van der Waals surface area contributed by atoms with Crippen molar-refractivity contribution in [3.63, 3.8) is 0 Å². The highest BCUT2D eigenvalue weighted by Gasteiger charge is 2.09. The molecule has 0 radical (unpaired) electrons. The van der Waals surface area contributed by atoms with Crippen molar-refractivity contribution in [2.45, 2.75) is 33.6 Å². The summed E-state index contributed by atoms with van der Waals surface area (Å²) in [6, 6.07) is 2.20. The van der Waals surface area contributed by atoms with Crippen LogP contribution in [0.25, 0.3) is 0 Å². The van der Waals surface area contributed by atoms with Gasteiger partial charge in [-0.2, -0.15) is 0 Å². The Hall–Kier alpha value is -1.09. The number of pyridine rings is 1. The van der Waals surface area contributed by atoms with Crippen LogP contribution in [0.4, 0.5) is 5.82 Å². The fourth-order valence-electron chi connectivity index (χ4n) is 2.01. The van der Waals surface area contributed by atoms with E-state index in [0.29, 0.717) is 12.5 Å². The molecule has 0 bridgehead atoms. The van der Waals surface area contributed by atoms with Crippen molar-refractivity contribution in [3.8, 4) is 0 Å². The number of hydrogen-bond acceptors (Lipinski definition) is 3. The molecule has 17 heavy (non-hydrogen) atoms. The molecule has 1 aromatic rings. The van der Waals surface area contributed by atoms with E-state index in [4.69, 9.17) is 5.73 Å². The second-order valence-corrected chi connectivity index (χ2v) is 4.92. The van der Waals surface area contributed by atoms with Gasteiger partial charge in [-0.05, 0) is 36.9 Å². The molecule has 1 aromatic heterocycles. The summed E-state index contributed by atoms with van der Waals surface area (Å²) >= 11 is 0. The van der Waals surface area contributed by atoms with E-state index in [1.165, 1.54) is 17.5 Å². The summed E-state index contributed by atoms with van der Waals surface area (Å²) in [5.74, 6) is 1.79. The van der Waals surface area contributed by atoms with Gasteiger partial charge in [0.15, 0.2) is 0 Å². The molecule has 0 spiro atoms. The van der Waals surface area contributed by atoms with E-state index in [1.54, 1.807) is 0 Å². The molecule has 0 aliphatic rings. The molecule has 0 fully saturated rings. The van der Waals surface area contributed by atoms with Gasteiger partial charge in [0.25, 0.3) is 0 Å². The number of anilines is 1. The Morgan fingerprint density at radius 1 is 1.47 bits per heavy atom. The van der Waals surface area contributed by atoms with E-state index in [0.717, 1.165) is 18.8 Å². The maximum Gasteiger partial charge on any atom is 0.131 e. The Labute approximate surface area is 105 Å². The fourth-order valence-corrected chi connectivity index (χ4v) is 2.01. The number of hydrogen-bond donors (Lipinski definition) is 1. The van der Waals surface area contributed by atoms with E-state index < -0.39 is 0 Å². The van der Waals surface area contributed by atoms with Gasteiger partial charge in [-0.3, -0.25) is 0 Å². The monoisotopic (exact) mass is 235 g/mol. The maximum atomic E-state index is 5.55. The van der Waals surface area contributed by atoms with Gasteiger partial charge in [-0.15, -0.1) is 0 Å². The number of aromatic nitrogens is 1. The van der Waals surface area contributed by atoms with Gasteiger partial charge in [0.1, 0.15) is 5.82 Å². The molecule has 96 valence electrons. The summed E-state index contributed by atoms with van der Waals surface area (Å²) in [5.41, 5.74) is 8.02. The van der Waals surface area contributed by atoms with Crippen LogP contribution in [0.15, 0.2) is 12.3 Å². The molecule has 0 saturated carbocycles. The Morgan fingerprint density at radius 3 is 2.71 bits per heavy atom. The smallest absolute Gasteiger partial charge is 0.131 e. The molecule has 0 saturated heterocycles. The Morgan fingerprint density at radius 2 is 2.18 bits per heavy atom. The summed E-state index contributed by atoms with van der Waals surface area (Å²) < 4.78 is 0. The minimum Gasteiger partial charge on any atom is -0.359 e. The van der Waals surface area contributed by atoms with Crippen LogP contribution in [0.1, 0.15) is 31.4 Å². The lowest BCUT2D eigenvalue weighted by Gasteiger charge is -2.23. The molecular formula is C14H25N3. The predicted octanol–water partition coefficient (Wildman–Crippen LogP) is 2.37. The van der Waals surface area contributed by atoms with Crippen LogP contribution in [0.5, 0.6) is 0 Å². The molecule has 3 heteroatoms. The first kappa shape index (κ1) is 14.0. The molecule has 2 N–H and O–H groups in total. The van der Waals surface area contributed by atoms with Gasteiger partial charge in [0, 0.05) is 19.8 Å². The van der Waals surface area contributed by atoms with Gasteiger partial charge >= 0.3 is 0 Å². The lowest BCUT2D eigenvalue weighted by molar-refractivity contribution is 0.557. The molecule has 0 aromatic carbocycles.